The molecule has 0 bridgehead atoms. The second kappa shape index (κ2) is 7.94. The fraction of sp³-hybridized carbons (Fsp3) is 0.500. The van der Waals surface area contributed by atoms with Crippen LogP contribution in [0, 0.1) is 5.82 Å². The number of halogens is 3. The van der Waals surface area contributed by atoms with Crippen molar-refractivity contribution in [1.29, 1.82) is 0 Å². The average molecular weight is 341 g/mol. The Morgan fingerprint density at radius 1 is 1.50 bits per heavy atom. The van der Waals surface area contributed by atoms with Gasteiger partial charge in [0.05, 0.1) is 16.1 Å². The van der Waals surface area contributed by atoms with E-state index >= 15 is 0 Å². The molecular formula is C12H16BrClFNO2. The molecule has 6 heteroatoms. The van der Waals surface area contributed by atoms with Crippen LogP contribution in [0.15, 0.2) is 16.6 Å². The van der Waals surface area contributed by atoms with Crippen molar-refractivity contribution < 1.29 is 13.9 Å². The Morgan fingerprint density at radius 2 is 2.22 bits per heavy atom. The van der Waals surface area contributed by atoms with E-state index < -0.39 is 5.82 Å². The second-order valence-electron chi connectivity index (χ2n) is 3.86. The van der Waals surface area contributed by atoms with Crippen LogP contribution in [-0.2, 0) is 4.74 Å². The highest BCUT2D eigenvalue weighted by molar-refractivity contribution is 9.10. The van der Waals surface area contributed by atoms with Crippen molar-refractivity contribution >= 4 is 27.5 Å². The normalized spacial score (nSPS) is 12.5. The molecule has 18 heavy (non-hydrogen) atoms. The Kier molecular flexibility index (Phi) is 6.92. The summed E-state index contributed by atoms with van der Waals surface area (Å²) in [5, 5.41) is 3.28. The number of ether oxygens (including phenoxy) is 2. The van der Waals surface area contributed by atoms with Crippen LogP contribution in [0.4, 0.5) is 4.39 Å². The summed E-state index contributed by atoms with van der Waals surface area (Å²) in [5.41, 5.74) is 0. The summed E-state index contributed by atoms with van der Waals surface area (Å²) in [7, 11) is 1.66. The predicted octanol–water partition coefficient (Wildman–Crippen LogP) is 3.24. The molecule has 1 aromatic rings. The molecule has 0 saturated carbocycles. The number of nitrogens with one attached hydrogen (secondary N) is 1. The molecule has 0 aliphatic rings. The molecule has 0 fully saturated rings. The third kappa shape index (κ3) is 5.10. The monoisotopic (exact) mass is 339 g/mol. The summed E-state index contributed by atoms with van der Waals surface area (Å²) >= 11 is 8.91. The number of benzene rings is 1. The minimum atomic E-state index is -0.490. The van der Waals surface area contributed by atoms with E-state index in [1.165, 1.54) is 12.1 Å². The Morgan fingerprint density at radius 3 is 2.89 bits per heavy atom. The van der Waals surface area contributed by atoms with Gasteiger partial charge in [-0.05, 0) is 28.9 Å². The molecule has 1 unspecified atom stereocenters. The predicted molar refractivity (Wildman–Crippen MR) is 73.9 cm³/mol. The van der Waals surface area contributed by atoms with Crippen LogP contribution in [0.25, 0.3) is 0 Å². The number of methoxy groups -OCH3 is 1. The molecule has 0 aromatic heterocycles. The maximum atomic E-state index is 13.2. The lowest BCUT2D eigenvalue weighted by Gasteiger charge is -2.13. The first-order valence-corrected chi connectivity index (χ1v) is 6.71. The third-order valence-electron chi connectivity index (χ3n) is 2.24. The second-order valence-corrected chi connectivity index (χ2v) is 5.12. The first-order valence-electron chi connectivity index (χ1n) is 5.54. The van der Waals surface area contributed by atoms with Gasteiger partial charge >= 0.3 is 0 Å². The SMILES string of the molecule is COCC(C)NCCOc1cc(F)c(Cl)cc1Br. The number of rotatable bonds is 7. The van der Waals surface area contributed by atoms with E-state index in [1.54, 1.807) is 7.11 Å². The van der Waals surface area contributed by atoms with Crippen LogP contribution < -0.4 is 10.1 Å². The summed E-state index contributed by atoms with van der Waals surface area (Å²) in [4.78, 5) is 0. The lowest BCUT2D eigenvalue weighted by atomic mass is 10.3. The van der Waals surface area contributed by atoms with E-state index in [1.807, 2.05) is 6.92 Å². The van der Waals surface area contributed by atoms with E-state index in [9.17, 15) is 4.39 Å². The van der Waals surface area contributed by atoms with E-state index in [2.05, 4.69) is 21.2 Å². The minimum Gasteiger partial charge on any atom is -0.491 e. The van der Waals surface area contributed by atoms with Gasteiger partial charge in [0.1, 0.15) is 18.2 Å². The van der Waals surface area contributed by atoms with Gasteiger partial charge in [-0.3, -0.25) is 0 Å². The van der Waals surface area contributed by atoms with E-state index in [0.717, 1.165) is 0 Å². The van der Waals surface area contributed by atoms with Crippen molar-refractivity contribution in [3.8, 4) is 5.75 Å². The summed E-state index contributed by atoms with van der Waals surface area (Å²) in [6.07, 6.45) is 0. The van der Waals surface area contributed by atoms with Gasteiger partial charge in [0.15, 0.2) is 0 Å². The molecule has 0 spiro atoms. The Hall–Kier alpha value is -0.360. The molecule has 1 atom stereocenters. The lowest BCUT2D eigenvalue weighted by Crippen LogP contribution is -2.33. The molecule has 0 aliphatic heterocycles. The Bertz CT molecular complexity index is 393. The standard InChI is InChI=1S/C12H16BrClFNO2/c1-8(7-17-2)16-3-4-18-12-6-11(15)10(14)5-9(12)13/h5-6,8,16H,3-4,7H2,1-2H3. The Balaban J connectivity index is 2.38. The van der Waals surface area contributed by atoms with Gasteiger partial charge in [0.2, 0.25) is 0 Å². The molecule has 1 rings (SSSR count). The highest BCUT2D eigenvalue weighted by atomic mass is 79.9. The number of hydrogen-bond donors (Lipinski definition) is 1. The van der Waals surface area contributed by atoms with Gasteiger partial charge in [-0.2, -0.15) is 0 Å². The molecule has 1 N–H and O–H groups in total. The molecule has 0 amide bonds. The zero-order chi connectivity index (χ0) is 13.5. The highest BCUT2D eigenvalue weighted by Gasteiger charge is 2.08. The summed E-state index contributed by atoms with van der Waals surface area (Å²) in [6.45, 7) is 3.75. The van der Waals surface area contributed by atoms with Gasteiger partial charge in [-0.25, -0.2) is 4.39 Å². The van der Waals surface area contributed by atoms with Gasteiger partial charge in [0.25, 0.3) is 0 Å². The quantitative estimate of drug-likeness (QED) is 0.610. The van der Waals surface area contributed by atoms with Gasteiger partial charge in [-0.15, -0.1) is 0 Å². The molecule has 0 radical (unpaired) electrons. The first kappa shape index (κ1) is 15.7. The molecule has 1 aromatic carbocycles. The molecule has 102 valence electrons. The average Bonchev–Trinajstić information content (AvgIpc) is 2.31. The minimum absolute atomic E-state index is 0.0704. The van der Waals surface area contributed by atoms with Crippen molar-refractivity contribution in [2.24, 2.45) is 0 Å². The van der Waals surface area contributed by atoms with Crippen molar-refractivity contribution in [2.75, 3.05) is 26.9 Å². The van der Waals surface area contributed by atoms with E-state index in [-0.39, 0.29) is 11.1 Å². The van der Waals surface area contributed by atoms with Gasteiger partial charge in [0, 0.05) is 25.8 Å². The fourth-order valence-electron chi connectivity index (χ4n) is 1.39. The van der Waals surface area contributed by atoms with Crippen LogP contribution in [0.1, 0.15) is 6.92 Å². The smallest absolute Gasteiger partial charge is 0.145 e. The first-order chi connectivity index (χ1) is 8.54. The van der Waals surface area contributed by atoms with Crippen molar-refractivity contribution in [2.45, 2.75) is 13.0 Å². The summed E-state index contributed by atoms with van der Waals surface area (Å²) in [5.74, 6) is -0.0475. The van der Waals surface area contributed by atoms with E-state index in [4.69, 9.17) is 21.1 Å². The van der Waals surface area contributed by atoms with Crippen LogP contribution >= 0.6 is 27.5 Å². The lowest BCUT2D eigenvalue weighted by molar-refractivity contribution is 0.169. The van der Waals surface area contributed by atoms with Crippen LogP contribution in [0.2, 0.25) is 5.02 Å². The molecule has 0 saturated heterocycles. The van der Waals surface area contributed by atoms with Crippen LogP contribution in [-0.4, -0.2) is 32.9 Å². The van der Waals surface area contributed by atoms with Gasteiger partial charge in [-0.1, -0.05) is 11.6 Å². The maximum Gasteiger partial charge on any atom is 0.145 e. The van der Waals surface area contributed by atoms with Crippen molar-refractivity contribution in [1.82, 2.24) is 5.32 Å². The zero-order valence-electron chi connectivity index (χ0n) is 10.3. The molecule has 0 aliphatic carbocycles. The van der Waals surface area contributed by atoms with Crippen molar-refractivity contribution in [3.63, 3.8) is 0 Å². The topological polar surface area (TPSA) is 30.5 Å². The van der Waals surface area contributed by atoms with Crippen LogP contribution in [0.3, 0.4) is 0 Å². The molecular weight excluding hydrogens is 324 g/mol. The van der Waals surface area contributed by atoms with Crippen LogP contribution in [0.5, 0.6) is 5.75 Å². The van der Waals surface area contributed by atoms with Crippen molar-refractivity contribution in [3.05, 3.63) is 27.4 Å². The number of hydrogen-bond acceptors (Lipinski definition) is 3. The fourth-order valence-corrected chi connectivity index (χ4v) is 2.14. The summed E-state index contributed by atoms with van der Waals surface area (Å²) in [6, 6.07) is 3.00. The zero-order valence-corrected chi connectivity index (χ0v) is 12.6. The summed E-state index contributed by atoms with van der Waals surface area (Å²) < 4.78 is 24.3. The van der Waals surface area contributed by atoms with E-state index in [0.29, 0.717) is 30.0 Å². The molecule has 3 nitrogen and oxygen atoms in total. The Labute approximate surface area is 120 Å². The van der Waals surface area contributed by atoms with Gasteiger partial charge < -0.3 is 14.8 Å². The largest absolute Gasteiger partial charge is 0.491 e. The highest BCUT2D eigenvalue weighted by Crippen LogP contribution is 2.30. The molecule has 0 heterocycles. The maximum absolute atomic E-state index is 13.2. The third-order valence-corrected chi connectivity index (χ3v) is 3.15.